The van der Waals surface area contributed by atoms with Crippen LogP contribution in [0.25, 0.3) is 0 Å². The zero-order valence-corrected chi connectivity index (χ0v) is 22.2. The van der Waals surface area contributed by atoms with Gasteiger partial charge < -0.3 is 20.4 Å². The van der Waals surface area contributed by atoms with Gasteiger partial charge in [0, 0.05) is 36.6 Å². The van der Waals surface area contributed by atoms with E-state index in [2.05, 4.69) is 53.9 Å². The van der Waals surface area contributed by atoms with Crippen LogP contribution < -0.4 is 10.6 Å². The molecule has 196 valence electrons. The molecule has 0 saturated carbocycles. The Morgan fingerprint density at radius 1 is 1.24 bits per heavy atom. The molecule has 2 aliphatic heterocycles. The number of aryl methyl sites for hydroxylation is 1. The van der Waals surface area contributed by atoms with Crippen molar-refractivity contribution in [3.63, 3.8) is 0 Å². The molecule has 1 aromatic rings. The highest BCUT2D eigenvalue weighted by Gasteiger charge is 2.18. The Morgan fingerprint density at radius 2 is 2.11 bits per heavy atom. The highest BCUT2D eigenvalue weighted by atomic mass is 16.1. The summed E-state index contributed by atoms with van der Waals surface area (Å²) in [5, 5.41) is 6.14. The topological polar surface area (TPSA) is 97.0 Å². The average molecular weight is 503 g/mol. The lowest BCUT2D eigenvalue weighted by Crippen LogP contribution is -2.36. The third-order valence-electron chi connectivity index (χ3n) is 6.10. The van der Waals surface area contributed by atoms with Crippen LogP contribution in [0.2, 0.25) is 0 Å². The molecule has 0 atom stereocenters. The highest BCUT2D eigenvalue weighted by Crippen LogP contribution is 2.17. The molecular formula is C28H38N8O. The molecule has 2 aliphatic rings. The van der Waals surface area contributed by atoms with E-state index in [9.17, 15) is 4.79 Å². The second-order valence-electron chi connectivity index (χ2n) is 8.74. The normalized spacial score (nSPS) is 18.4. The van der Waals surface area contributed by atoms with Gasteiger partial charge in [0.2, 0.25) is 5.96 Å². The van der Waals surface area contributed by atoms with Crippen LogP contribution in [0.15, 0.2) is 74.7 Å². The minimum absolute atomic E-state index is 0.191. The molecule has 0 aliphatic carbocycles. The molecule has 1 fully saturated rings. The molecular weight excluding hydrogens is 464 g/mol. The van der Waals surface area contributed by atoms with Gasteiger partial charge in [-0.15, -0.1) is 0 Å². The van der Waals surface area contributed by atoms with Crippen LogP contribution in [0.4, 0.5) is 5.69 Å². The molecule has 3 rings (SSSR count). The molecule has 37 heavy (non-hydrogen) atoms. The number of amides is 1. The predicted octanol–water partition coefficient (Wildman–Crippen LogP) is 3.68. The number of carbonyl (C=O) groups is 1. The van der Waals surface area contributed by atoms with Gasteiger partial charge >= 0.3 is 0 Å². The summed E-state index contributed by atoms with van der Waals surface area (Å²) in [4.78, 5) is 35.3. The van der Waals surface area contributed by atoms with E-state index in [0.29, 0.717) is 24.5 Å². The van der Waals surface area contributed by atoms with E-state index in [1.807, 2.05) is 38.1 Å². The monoisotopic (exact) mass is 502 g/mol. The van der Waals surface area contributed by atoms with Crippen molar-refractivity contribution in [3.05, 3.63) is 65.9 Å². The largest absolute Gasteiger partial charge is 0.366 e. The molecule has 0 aromatic heterocycles. The zero-order chi connectivity index (χ0) is 26.5. The van der Waals surface area contributed by atoms with Gasteiger partial charge in [-0.05, 0) is 63.2 Å². The third-order valence-corrected chi connectivity index (χ3v) is 6.10. The van der Waals surface area contributed by atoms with Gasteiger partial charge in [-0.25, -0.2) is 15.0 Å². The van der Waals surface area contributed by atoms with Crippen molar-refractivity contribution in [2.24, 2.45) is 20.0 Å². The van der Waals surface area contributed by atoms with E-state index >= 15 is 0 Å². The number of nitrogens with zero attached hydrogens (tertiary/aromatic N) is 6. The Morgan fingerprint density at radius 3 is 2.84 bits per heavy atom. The first-order chi connectivity index (χ1) is 18.0. The molecule has 1 aromatic carbocycles. The fourth-order valence-corrected chi connectivity index (χ4v) is 4.00. The molecule has 0 unspecified atom stereocenters. The van der Waals surface area contributed by atoms with E-state index in [-0.39, 0.29) is 5.91 Å². The minimum Gasteiger partial charge on any atom is -0.366 e. The first-order valence-corrected chi connectivity index (χ1v) is 12.8. The SMILES string of the molecule is C=C/C=C(\C=C/C)NC(=O)c1ccc(C)c(NC/N=C\N=C2\C=NC(N3CCCN(CC)CC3)=NC2)c1. The molecule has 0 spiro atoms. The molecule has 1 amide bonds. The van der Waals surface area contributed by atoms with Crippen molar-refractivity contribution in [2.45, 2.75) is 27.2 Å². The molecule has 9 heteroatoms. The fourth-order valence-electron chi connectivity index (χ4n) is 4.00. The third kappa shape index (κ3) is 8.64. The number of benzene rings is 1. The van der Waals surface area contributed by atoms with E-state index < -0.39 is 0 Å². The second-order valence-corrected chi connectivity index (χ2v) is 8.74. The Hall–Kier alpha value is -3.85. The number of hydrogen-bond donors (Lipinski definition) is 2. The number of hydrogen-bond acceptors (Lipinski definition) is 7. The van der Waals surface area contributed by atoms with E-state index in [1.54, 1.807) is 24.4 Å². The van der Waals surface area contributed by atoms with Gasteiger partial charge in [-0.1, -0.05) is 31.7 Å². The van der Waals surface area contributed by atoms with Crippen molar-refractivity contribution >= 4 is 35.8 Å². The van der Waals surface area contributed by atoms with Gasteiger partial charge in [-0.2, -0.15) is 0 Å². The maximum Gasteiger partial charge on any atom is 0.255 e. The highest BCUT2D eigenvalue weighted by molar-refractivity contribution is 6.35. The molecule has 0 bridgehead atoms. The Bertz CT molecular complexity index is 1130. The summed E-state index contributed by atoms with van der Waals surface area (Å²) < 4.78 is 0. The maximum atomic E-state index is 12.7. The summed E-state index contributed by atoms with van der Waals surface area (Å²) in [6.45, 7) is 15.8. The first-order valence-electron chi connectivity index (χ1n) is 12.8. The van der Waals surface area contributed by atoms with Crippen LogP contribution in [-0.2, 0) is 0 Å². The van der Waals surface area contributed by atoms with E-state index in [0.717, 1.165) is 62.1 Å². The van der Waals surface area contributed by atoms with Crippen LogP contribution >= 0.6 is 0 Å². The quantitative estimate of drug-likeness (QED) is 0.306. The van der Waals surface area contributed by atoms with Gasteiger partial charge in [0.15, 0.2) is 0 Å². The molecule has 2 N–H and O–H groups in total. The van der Waals surface area contributed by atoms with Crippen molar-refractivity contribution in [1.82, 2.24) is 15.1 Å². The van der Waals surface area contributed by atoms with Crippen LogP contribution in [0.1, 0.15) is 36.2 Å². The summed E-state index contributed by atoms with van der Waals surface area (Å²) in [5.41, 5.74) is 3.86. The number of allylic oxidation sites excluding steroid dienone is 4. The molecule has 0 radical (unpaired) electrons. The Balaban J connectivity index is 1.51. The van der Waals surface area contributed by atoms with Crippen LogP contribution in [0, 0.1) is 6.92 Å². The Kier molecular flexibility index (Phi) is 11.0. The van der Waals surface area contributed by atoms with Gasteiger partial charge in [-0.3, -0.25) is 9.79 Å². The van der Waals surface area contributed by atoms with Crippen molar-refractivity contribution in [2.75, 3.05) is 51.3 Å². The standard InChI is InChI=1S/C28H38N8O/c1-5-9-24(10-6-2)34-27(37)23-12-11-22(4)26(17-23)33-21-29-20-32-25-18-30-28(31-19-25)36-14-8-13-35(7-3)15-16-36/h5-6,9-12,17-18,20,33H,1,7-8,13-16,19,21H2,2-4H3,(H,34,37)/b10-6-,24-9+,29-20-,32-25-. The van der Waals surface area contributed by atoms with Gasteiger partial charge in [0.1, 0.15) is 13.0 Å². The summed E-state index contributed by atoms with van der Waals surface area (Å²) in [5.74, 6) is 0.608. The lowest BCUT2D eigenvalue weighted by molar-refractivity contribution is 0.0967. The van der Waals surface area contributed by atoms with Gasteiger partial charge in [0.25, 0.3) is 5.91 Å². The smallest absolute Gasteiger partial charge is 0.255 e. The summed E-state index contributed by atoms with van der Waals surface area (Å²) in [7, 11) is 0. The number of likely N-dealkylation sites (N-methyl/N-ethyl adjacent to an activating group) is 1. The average Bonchev–Trinajstić information content (AvgIpc) is 3.16. The van der Waals surface area contributed by atoms with Crippen LogP contribution in [0.5, 0.6) is 0 Å². The van der Waals surface area contributed by atoms with E-state index in [4.69, 9.17) is 0 Å². The summed E-state index contributed by atoms with van der Waals surface area (Å²) >= 11 is 0. The van der Waals surface area contributed by atoms with E-state index in [1.165, 1.54) is 6.34 Å². The van der Waals surface area contributed by atoms with Crippen molar-refractivity contribution < 1.29 is 4.79 Å². The molecule has 1 saturated heterocycles. The number of carbonyl (C=O) groups excluding carboxylic acids is 1. The first kappa shape index (κ1) is 27.7. The molecule has 2 heterocycles. The van der Waals surface area contributed by atoms with Crippen molar-refractivity contribution in [3.8, 4) is 0 Å². The van der Waals surface area contributed by atoms with Crippen LogP contribution in [-0.4, -0.2) is 85.9 Å². The van der Waals surface area contributed by atoms with Crippen molar-refractivity contribution in [1.29, 1.82) is 0 Å². The molecule has 9 nitrogen and oxygen atoms in total. The number of rotatable bonds is 9. The van der Waals surface area contributed by atoms with Gasteiger partial charge in [0.05, 0.1) is 18.5 Å². The Labute approximate surface area is 220 Å². The zero-order valence-electron chi connectivity index (χ0n) is 22.2. The number of anilines is 1. The predicted molar refractivity (Wildman–Crippen MR) is 155 cm³/mol. The lowest BCUT2D eigenvalue weighted by atomic mass is 10.1. The number of nitrogens with one attached hydrogen (secondary N) is 2. The number of guanidine groups is 1. The number of aliphatic imine (C=N–C) groups is 4. The summed E-state index contributed by atoms with van der Waals surface area (Å²) in [6, 6.07) is 5.53. The fraction of sp³-hybridized carbons (Fsp3) is 0.393. The lowest BCUT2D eigenvalue weighted by Gasteiger charge is -2.23. The minimum atomic E-state index is -0.191. The van der Waals surface area contributed by atoms with Crippen LogP contribution in [0.3, 0.4) is 0 Å². The maximum absolute atomic E-state index is 12.7. The summed E-state index contributed by atoms with van der Waals surface area (Å²) in [6.07, 6.45) is 11.5. The second kappa shape index (κ2) is 14.6.